The van der Waals surface area contributed by atoms with E-state index in [2.05, 4.69) is 5.32 Å². The van der Waals surface area contributed by atoms with Crippen LogP contribution in [0.3, 0.4) is 0 Å². The van der Waals surface area contributed by atoms with Crippen molar-refractivity contribution >= 4 is 11.8 Å². The summed E-state index contributed by atoms with van der Waals surface area (Å²) in [5.41, 5.74) is 5.41. The van der Waals surface area contributed by atoms with Crippen molar-refractivity contribution in [1.82, 2.24) is 5.32 Å². The van der Waals surface area contributed by atoms with E-state index in [-0.39, 0.29) is 25.0 Å². The number of hydrogen-bond acceptors (Lipinski definition) is 4. The summed E-state index contributed by atoms with van der Waals surface area (Å²) in [6.07, 6.45) is -0.572. The van der Waals surface area contributed by atoms with E-state index < -0.39 is 12.0 Å². The van der Waals surface area contributed by atoms with Crippen LogP contribution in [0.2, 0.25) is 0 Å². The molecule has 6 nitrogen and oxygen atoms in total. The number of amides is 2. The summed E-state index contributed by atoms with van der Waals surface area (Å²) in [7, 11) is 0. The zero-order valence-corrected chi connectivity index (χ0v) is 11.6. The summed E-state index contributed by atoms with van der Waals surface area (Å²) in [5.74, 6) is -0.289. The lowest BCUT2D eigenvalue weighted by Gasteiger charge is -2.15. The largest absolute Gasteiger partial charge is 0.484 e. The van der Waals surface area contributed by atoms with Crippen LogP contribution in [0.5, 0.6) is 5.75 Å². The van der Waals surface area contributed by atoms with Gasteiger partial charge in [-0.1, -0.05) is 13.8 Å². The van der Waals surface area contributed by atoms with E-state index in [0.717, 1.165) is 0 Å². The maximum Gasteiger partial charge on any atom is 0.255 e. The van der Waals surface area contributed by atoms with Crippen LogP contribution in [0, 0.1) is 5.92 Å². The number of rotatable bonds is 7. The zero-order chi connectivity index (χ0) is 15.1. The van der Waals surface area contributed by atoms with Crippen LogP contribution in [0.25, 0.3) is 0 Å². The Bertz CT molecular complexity index is 457. The first-order valence-electron chi connectivity index (χ1n) is 6.37. The molecule has 0 fully saturated rings. The Kier molecular flexibility index (Phi) is 5.99. The molecule has 0 spiro atoms. The molecule has 1 aromatic rings. The fraction of sp³-hybridized carbons (Fsp3) is 0.429. The van der Waals surface area contributed by atoms with Crippen LogP contribution in [-0.2, 0) is 4.79 Å². The molecule has 4 N–H and O–H groups in total. The third kappa shape index (κ3) is 5.27. The Morgan fingerprint density at radius 1 is 1.30 bits per heavy atom. The highest BCUT2D eigenvalue weighted by atomic mass is 16.5. The van der Waals surface area contributed by atoms with Crippen molar-refractivity contribution in [2.45, 2.75) is 20.0 Å². The molecule has 0 aromatic heterocycles. The fourth-order valence-electron chi connectivity index (χ4n) is 1.39. The second-order valence-corrected chi connectivity index (χ2v) is 4.80. The zero-order valence-electron chi connectivity index (χ0n) is 11.6. The van der Waals surface area contributed by atoms with Crippen LogP contribution in [-0.4, -0.2) is 36.2 Å². The normalized spacial score (nSPS) is 12.0. The predicted molar refractivity (Wildman–Crippen MR) is 74.3 cm³/mol. The molecule has 0 aliphatic carbocycles. The van der Waals surface area contributed by atoms with Crippen molar-refractivity contribution in [1.29, 1.82) is 0 Å². The van der Waals surface area contributed by atoms with Gasteiger partial charge in [0.2, 0.25) is 0 Å². The number of benzene rings is 1. The first kappa shape index (κ1) is 16.0. The molecule has 0 radical (unpaired) electrons. The molecule has 2 amide bonds. The van der Waals surface area contributed by atoms with E-state index in [4.69, 9.17) is 10.5 Å². The molecular weight excluding hydrogens is 260 g/mol. The smallest absolute Gasteiger partial charge is 0.255 e. The number of aliphatic hydroxyl groups excluding tert-OH is 1. The number of carbonyl (C=O) groups is 2. The number of primary amides is 1. The molecule has 1 unspecified atom stereocenters. The number of nitrogens with two attached hydrogens (primary N) is 1. The van der Waals surface area contributed by atoms with Gasteiger partial charge in [0.15, 0.2) is 6.61 Å². The third-order valence-corrected chi connectivity index (χ3v) is 2.74. The van der Waals surface area contributed by atoms with Gasteiger partial charge in [-0.25, -0.2) is 0 Å². The van der Waals surface area contributed by atoms with Gasteiger partial charge in [-0.2, -0.15) is 0 Å². The Morgan fingerprint density at radius 3 is 2.40 bits per heavy atom. The number of carbonyl (C=O) groups excluding carboxylic acids is 2. The first-order chi connectivity index (χ1) is 9.40. The molecule has 1 atom stereocenters. The van der Waals surface area contributed by atoms with Gasteiger partial charge in [0, 0.05) is 12.1 Å². The topological polar surface area (TPSA) is 102 Å². The molecule has 0 aliphatic rings. The second-order valence-electron chi connectivity index (χ2n) is 4.80. The van der Waals surface area contributed by atoms with E-state index in [1.54, 1.807) is 24.3 Å². The Labute approximate surface area is 117 Å². The van der Waals surface area contributed by atoms with E-state index in [9.17, 15) is 14.7 Å². The minimum absolute atomic E-state index is 0.0832. The van der Waals surface area contributed by atoms with Crippen LogP contribution >= 0.6 is 0 Å². The minimum Gasteiger partial charge on any atom is -0.484 e. The molecule has 20 heavy (non-hydrogen) atoms. The summed E-state index contributed by atoms with van der Waals surface area (Å²) in [5, 5.41) is 12.3. The number of hydrogen-bond donors (Lipinski definition) is 3. The average Bonchev–Trinajstić information content (AvgIpc) is 2.42. The maximum atomic E-state index is 11.8. The molecule has 0 heterocycles. The quantitative estimate of drug-likeness (QED) is 0.668. The highest BCUT2D eigenvalue weighted by molar-refractivity contribution is 5.94. The van der Waals surface area contributed by atoms with Crippen LogP contribution in [0.4, 0.5) is 0 Å². The van der Waals surface area contributed by atoms with Gasteiger partial charge < -0.3 is 20.9 Å². The summed E-state index contributed by atoms with van der Waals surface area (Å²) < 4.78 is 5.09. The van der Waals surface area contributed by atoms with Crippen LogP contribution < -0.4 is 15.8 Å². The van der Waals surface area contributed by atoms with Crippen molar-refractivity contribution in [3.05, 3.63) is 29.8 Å². The van der Waals surface area contributed by atoms with Crippen molar-refractivity contribution in [2.24, 2.45) is 11.7 Å². The lowest BCUT2D eigenvalue weighted by molar-refractivity contribution is -0.119. The van der Waals surface area contributed by atoms with Gasteiger partial charge in [-0.15, -0.1) is 0 Å². The second kappa shape index (κ2) is 7.49. The molecule has 1 aromatic carbocycles. The number of nitrogens with one attached hydrogen (secondary N) is 1. The summed E-state index contributed by atoms with van der Waals surface area (Å²) in [4.78, 5) is 22.4. The first-order valence-corrected chi connectivity index (χ1v) is 6.37. The summed E-state index contributed by atoms with van der Waals surface area (Å²) in [6, 6.07) is 6.31. The Morgan fingerprint density at radius 2 is 1.90 bits per heavy atom. The summed E-state index contributed by atoms with van der Waals surface area (Å²) >= 11 is 0. The predicted octanol–water partition coefficient (Wildman–Crippen LogP) is 0.297. The number of ether oxygens (including phenoxy) is 1. The standard InChI is InChI=1S/C14H20N2O4/c1-9(2)12(17)7-16-14(19)10-3-5-11(6-4-10)20-8-13(15)18/h3-6,9,12,17H,7-8H2,1-2H3,(H2,15,18)(H,16,19). The average molecular weight is 280 g/mol. The van der Waals surface area contributed by atoms with Gasteiger partial charge >= 0.3 is 0 Å². The highest BCUT2D eigenvalue weighted by Crippen LogP contribution is 2.12. The maximum absolute atomic E-state index is 11.8. The van der Waals surface area contributed by atoms with Crippen molar-refractivity contribution in [3.8, 4) is 5.75 Å². The van der Waals surface area contributed by atoms with Gasteiger partial charge in [0.25, 0.3) is 11.8 Å². The van der Waals surface area contributed by atoms with Gasteiger partial charge in [-0.3, -0.25) is 9.59 Å². The van der Waals surface area contributed by atoms with E-state index in [1.165, 1.54) is 0 Å². The van der Waals surface area contributed by atoms with Crippen molar-refractivity contribution in [3.63, 3.8) is 0 Å². The van der Waals surface area contributed by atoms with E-state index in [0.29, 0.717) is 11.3 Å². The molecule has 1 rings (SSSR count). The molecule has 0 aliphatic heterocycles. The van der Waals surface area contributed by atoms with Crippen LogP contribution in [0.15, 0.2) is 24.3 Å². The van der Waals surface area contributed by atoms with Gasteiger partial charge in [-0.05, 0) is 30.2 Å². The van der Waals surface area contributed by atoms with Crippen LogP contribution in [0.1, 0.15) is 24.2 Å². The number of aliphatic hydroxyl groups is 1. The van der Waals surface area contributed by atoms with Gasteiger partial charge in [0.05, 0.1) is 6.10 Å². The summed E-state index contributed by atoms with van der Waals surface area (Å²) in [6.45, 7) is 3.76. The van der Waals surface area contributed by atoms with E-state index in [1.807, 2.05) is 13.8 Å². The Hall–Kier alpha value is -2.08. The fourth-order valence-corrected chi connectivity index (χ4v) is 1.39. The molecule has 0 bridgehead atoms. The minimum atomic E-state index is -0.572. The molecule has 110 valence electrons. The lowest BCUT2D eigenvalue weighted by Crippen LogP contribution is -2.34. The molecule has 0 saturated carbocycles. The third-order valence-electron chi connectivity index (χ3n) is 2.74. The highest BCUT2D eigenvalue weighted by Gasteiger charge is 2.12. The van der Waals surface area contributed by atoms with Crippen molar-refractivity contribution in [2.75, 3.05) is 13.2 Å². The SMILES string of the molecule is CC(C)C(O)CNC(=O)c1ccc(OCC(N)=O)cc1. The molecular formula is C14H20N2O4. The molecule has 0 saturated heterocycles. The van der Waals surface area contributed by atoms with Gasteiger partial charge in [0.1, 0.15) is 5.75 Å². The Balaban J connectivity index is 2.51. The monoisotopic (exact) mass is 280 g/mol. The lowest BCUT2D eigenvalue weighted by atomic mass is 10.1. The van der Waals surface area contributed by atoms with E-state index >= 15 is 0 Å². The van der Waals surface area contributed by atoms with Crippen molar-refractivity contribution < 1.29 is 19.4 Å². The molecule has 6 heteroatoms.